The van der Waals surface area contributed by atoms with Gasteiger partial charge in [0.25, 0.3) is 0 Å². The van der Waals surface area contributed by atoms with E-state index in [1.54, 1.807) is 6.33 Å². The fourth-order valence-electron chi connectivity index (χ4n) is 4.49. The van der Waals surface area contributed by atoms with E-state index in [1.807, 2.05) is 12.3 Å². The zero-order valence-corrected chi connectivity index (χ0v) is 14.6. The first kappa shape index (κ1) is 16.1. The minimum Gasteiger partial charge on any atom is -0.353 e. The lowest BCUT2D eigenvalue weighted by atomic mass is 9.85. The molecule has 2 aliphatic heterocycles. The molecule has 7 nitrogen and oxygen atoms in total. The third-order valence-corrected chi connectivity index (χ3v) is 5.94. The number of likely N-dealkylation sites (tertiary alicyclic amines) is 1. The fraction of sp³-hybridized carbons (Fsp3) is 0.556. The molecule has 2 aliphatic rings. The molecule has 1 spiro atoms. The van der Waals surface area contributed by atoms with Crippen molar-refractivity contribution >= 4 is 29.5 Å². The minimum absolute atomic E-state index is 0.0914. The number of aliphatic imine (C=N–C) groups is 1. The lowest BCUT2D eigenvalue weighted by molar-refractivity contribution is -0.135. The van der Waals surface area contributed by atoms with Gasteiger partial charge in [-0.3, -0.25) is 4.79 Å². The van der Waals surface area contributed by atoms with Crippen LogP contribution in [0.1, 0.15) is 26.2 Å². The van der Waals surface area contributed by atoms with E-state index in [2.05, 4.69) is 43.4 Å². The summed E-state index contributed by atoms with van der Waals surface area (Å²) >= 11 is 0. The Morgan fingerprint density at radius 2 is 2.36 bits per heavy atom. The number of carbonyl (C=O) groups is 1. The van der Waals surface area contributed by atoms with Gasteiger partial charge in [-0.2, -0.15) is 0 Å². The number of carbonyl (C=O) groups excluding carboxylic acids is 1. The number of aromatic nitrogens is 3. The van der Waals surface area contributed by atoms with Crippen LogP contribution in [-0.2, 0) is 4.79 Å². The molecule has 2 fully saturated rings. The van der Waals surface area contributed by atoms with Gasteiger partial charge >= 0.3 is 0 Å². The molecule has 0 aromatic carbocycles. The van der Waals surface area contributed by atoms with E-state index in [-0.39, 0.29) is 11.4 Å². The summed E-state index contributed by atoms with van der Waals surface area (Å²) in [6, 6.07) is 2.02. The second-order valence-corrected chi connectivity index (χ2v) is 7.14. The van der Waals surface area contributed by atoms with Crippen molar-refractivity contribution in [1.29, 1.82) is 0 Å². The standard InChI is InChI=1S/C18H24N6O/c1-13-5-9-24(15(25)4-7-19-2)18(13)6-10-23(11-18)17-14-3-8-20-16(14)21-12-22-17/h3,8,12-13H,2,4-7,9-11H2,1H3,(H,20,21,22). The number of nitrogens with one attached hydrogen (secondary N) is 1. The molecule has 2 aromatic heterocycles. The van der Waals surface area contributed by atoms with E-state index in [0.717, 1.165) is 49.3 Å². The van der Waals surface area contributed by atoms with Crippen LogP contribution in [0.3, 0.4) is 0 Å². The molecule has 2 saturated heterocycles. The molecule has 2 atom stereocenters. The van der Waals surface area contributed by atoms with Crippen LogP contribution in [0.25, 0.3) is 11.0 Å². The average molecular weight is 340 g/mol. The van der Waals surface area contributed by atoms with Crippen molar-refractivity contribution in [3.05, 3.63) is 18.6 Å². The van der Waals surface area contributed by atoms with Crippen LogP contribution in [-0.4, -0.2) is 64.2 Å². The third-order valence-electron chi connectivity index (χ3n) is 5.94. The van der Waals surface area contributed by atoms with Gasteiger partial charge in [0.15, 0.2) is 0 Å². The minimum atomic E-state index is -0.0914. The van der Waals surface area contributed by atoms with E-state index < -0.39 is 0 Å². The van der Waals surface area contributed by atoms with Crippen LogP contribution in [0, 0.1) is 5.92 Å². The first-order valence-electron chi connectivity index (χ1n) is 8.92. The fourth-order valence-corrected chi connectivity index (χ4v) is 4.49. The van der Waals surface area contributed by atoms with E-state index in [4.69, 9.17) is 0 Å². The van der Waals surface area contributed by atoms with E-state index in [9.17, 15) is 4.79 Å². The van der Waals surface area contributed by atoms with Gasteiger partial charge < -0.3 is 19.8 Å². The Kier molecular flexibility index (Phi) is 3.94. The van der Waals surface area contributed by atoms with Crippen LogP contribution >= 0.6 is 0 Å². The quantitative estimate of drug-likeness (QED) is 0.862. The predicted octanol–water partition coefficient (Wildman–Crippen LogP) is 1.87. The first-order valence-corrected chi connectivity index (χ1v) is 8.92. The molecule has 2 aromatic rings. The highest BCUT2D eigenvalue weighted by molar-refractivity contribution is 5.87. The first-order chi connectivity index (χ1) is 12.2. The summed E-state index contributed by atoms with van der Waals surface area (Å²) in [6.07, 6.45) is 6.00. The van der Waals surface area contributed by atoms with E-state index in [0.29, 0.717) is 18.9 Å². The number of H-pyrrole nitrogens is 1. The normalized spacial score (nSPS) is 26.0. The molecule has 4 rings (SSSR count). The highest BCUT2D eigenvalue weighted by Crippen LogP contribution is 2.43. The molecule has 4 heterocycles. The van der Waals surface area contributed by atoms with E-state index in [1.165, 1.54) is 0 Å². The number of anilines is 1. The van der Waals surface area contributed by atoms with Crippen molar-refractivity contribution in [2.24, 2.45) is 10.9 Å². The van der Waals surface area contributed by atoms with Crippen LogP contribution in [0.15, 0.2) is 23.6 Å². The van der Waals surface area contributed by atoms with Crippen molar-refractivity contribution in [2.45, 2.75) is 31.7 Å². The van der Waals surface area contributed by atoms with Crippen molar-refractivity contribution in [3.8, 4) is 0 Å². The Hall–Kier alpha value is -2.44. The zero-order chi connectivity index (χ0) is 17.4. The Labute approximate surface area is 147 Å². The highest BCUT2D eigenvalue weighted by atomic mass is 16.2. The molecule has 25 heavy (non-hydrogen) atoms. The summed E-state index contributed by atoms with van der Waals surface area (Å²) in [6.45, 7) is 8.85. The van der Waals surface area contributed by atoms with Crippen molar-refractivity contribution in [3.63, 3.8) is 0 Å². The Bertz CT molecular complexity index is 802. The molecule has 2 unspecified atom stereocenters. The monoisotopic (exact) mass is 340 g/mol. The van der Waals surface area contributed by atoms with Gasteiger partial charge in [0.1, 0.15) is 17.8 Å². The number of fused-ring (bicyclic) bond motifs is 1. The topological polar surface area (TPSA) is 77.5 Å². The maximum absolute atomic E-state index is 12.7. The summed E-state index contributed by atoms with van der Waals surface area (Å²) in [5.74, 6) is 1.65. The van der Waals surface area contributed by atoms with Crippen LogP contribution in [0.5, 0.6) is 0 Å². The summed E-state index contributed by atoms with van der Waals surface area (Å²) < 4.78 is 0. The lowest BCUT2D eigenvalue weighted by Gasteiger charge is -2.38. The molecule has 0 saturated carbocycles. The van der Waals surface area contributed by atoms with Crippen LogP contribution in [0.2, 0.25) is 0 Å². The largest absolute Gasteiger partial charge is 0.353 e. The smallest absolute Gasteiger partial charge is 0.224 e. The predicted molar refractivity (Wildman–Crippen MR) is 98.0 cm³/mol. The number of nitrogens with zero attached hydrogens (tertiary/aromatic N) is 5. The van der Waals surface area contributed by atoms with Gasteiger partial charge in [-0.25, -0.2) is 9.97 Å². The molecule has 0 bridgehead atoms. The van der Waals surface area contributed by atoms with Crippen molar-refractivity contribution in [1.82, 2.24) is 19.9 Å². The second-order valence-electron chi connectivity index (χ2n) is 7.14. The molecule has 1 amide bonds. The zero-order valence-electron chi connectivity index (χ0n) is 14.6. The van der Waals surface area contributed by atoms with Gasteiger partial charge in [-0.15, -0.1) is 0 Å². The maximum Gasteiger partial charge on any atom is 0.224 e. The number of rotatable bonds is 4. The maximum atomic E-state index is 12.7. The summed E-state index contributed by atoms with van der Waals surface area (Å²) in [5.41, 5.74) is 0.765. The summed E-state index contributed by atoms with van der Waals surface area (Å²) in [7, 11) is 0. The molecular weight excluding hydrogens is 316 g/mol. The number of amides is 1. The number of aromatic amines is 1. The Morgan fingerprint density at radius 3 is 3.20 bits per heavy atom. The SMILES string of the molecule is C=NCCC(=O)N1CCC(C)C12CCN(c1ncnc3[nH]ccc13)C2. The second kappa shape index (κ2) is 6.13. The van der Waals surface area contributed by atoms with Gasteiger partial charge in [-0.1, -0.05) is 6.92 Å². The third kappa shape index (κ3) is 2.49. The van der Waals surface area contributed by atoms with Crippen LogP contribution < -0.4 is 4.90 Å². The Morgan fingerprint density at radius 1 is 1.48 bits per heavy atom. The molecular formula is C18H24N6O. The molecule has 132 valence electrons. The number of hydrogen-bond donors (Lipinski definition) is 1. The van der Waals surface area contributed by atoms with Crippen LogP contribution in [0.4, 0.5) is 5.82 Å². The van der Waals surface area contributed by atoms with Crippen molar-refractivity contribution in [2.75, 3.05) is 31.1 Å². The van der Waals surface area contributed by atoms with Crippen molar-refractivity contribution < 1.29 is 4.79 Å². The molecule has 0 aliphatic carbocycles. The molecule has 1 N–H and O–H groups in total. The van der Waals surface area contributed by atoms with Gasteiger partial charge in [0, 0.05) is 38.8 Å². The van der Waals surface area contributed by atoms with Gasteiger partial charge in [0.05, 0.1) is 10.9 Å². The molecule has 7 heteroatoms. The van der Waals surface area contributed by atoms with Gasteiger partial charge in [0.2, 0.25) is 5.91 Å². The highest BCUT2D eigenvalue weighted by Gasteiger charge is 2.52. The summed E-state index contributed by atoms with van der Waals surface area (Å²) in [4.78, 5) is 32.9. The Balaban J connectivity index is 1.61. The van der Waals surface area contributed by atoms with Gasteiger partial charge in [-0.05, 0) is 31.5 Å². The average Bonchev–Trinajstić information content (AvgIpc) is 3.33. The number of hydrogen-bond acceptors (Lipinski definition) is 5. The van der Waals surface area contributed by atoms with E-state index >= 15 is 0 Å². The summed E-state index contributed by atoms with van der Waals surface area (Å²) in [5, 5.41) is 1.04. The lowest BCUT2D eigenvalue weighted by Crippen LogP contribution is -2.52. The molecule has 0 radical (unpaired) electrons.